The van der Waals surface area contributed by atoms with Crippen LogP contribution in [0.15, 0.2) is 0 Å². The van der Waals surface area contributed by atoms with Gasteiger partial charge in [0.15, 0.2) is 11.4 Å². The number of aliphatic carboxylic acids is 1. The van der Waals surface area contributed by atoms with E-state index in [4.69, 9.17) is 5.11 Å². The first-order valence-corrected chi connectivity index (χ1v) is 5.97. The van der Waals surface area contributed by atoms with Gasteiger partial charge < -0.3 is 24.6 Å². The van der Waals surface area contributed by atoms with E-state index in [0.717, 1.165) is 0 Å². The molecule has 0 unspecified atom stereocenters. The number of aliphatic hydroxyl groups excluding tert-OH is 1. The van der Waals surface area contributed by atoms with E-state index in [1.54, 1.807) is 21.1 Å². The Labute approximate surface area is 107 Å². The Balaban J connectivity index is 4.74. The van der Waals surface area contributed by atoms with Gasteiger partial charge in [0.05, 0.1) is 21.1 Å². The Morgan fingerprint density at radius 1 is 1.22 bits per heavy atom. The van der Waals surface area contributed by atoms with Gasteiger partial charge in [-0.25, -0.2) is 0 Å². The third-order valence-corrected chi connectivity index (χ3v) is 2.50. The molecule has 0 heterocycles. The number of ketones is 1. The molecule has 0 rings (SSSR count). The summed E-state index contributed by atoms with van der Waals surface area (Å²) in [4.78, 5) is 22.6. The van der Waals surface area contributed by atoms with Crippen LogP contribution in [0, 0.1) is 0 Å². The van der Waals surface area contributed by atoms with E-state index in [-0.39, 0.29) is 24.1 Å². The molecule has 0 fully saturated rings. The average molecular weight is 261 g/mol. The minimum atomic E-state index is -1.90. The maximum absolute atomic E-state index is 11.9. The van der Waals surface area contributed by atoms with Gasteiger partial charge in [-0.3, -0.25) is 4.79 Å². The van der Waals surface area contributed by atoms with Crippen molar-refractivity contribution in [3.63, 3.8) is 0 Å². The van der Waals surface area contributed by atoms with Crippen LogP contribution >= 0.6 is 0 Å². The summed E-state index contributed by atoms with van der Waals surface area (Å²) < 4.78 is 0.273. The highest BCUT2D eigenvalue weighted by Crippen LogP contribution is 2.18. The first-order valence-electron chi connectivity index (χ1n) is 5.97. The first-order chi connectivity index (χ1) is 8.10. The first kappa shape index (κ1) is 17.0. The highest BCUT2D eigenvalue weighted by molar-refractivity contribution is 5.90. The molecule has 0 spiro atoms. The molecule has 6 heteroatoms. The van der Waals surface area contributed by atoms with Crippen LogP contribution in [0.2, 0.25) is 0 Å². The SMILES string of the molecule is C[N+](C)(C)C[C@](O)(CC(=O)[O-])C(=O)CCCCO. The van der Waals surface area contributed by atoms with Crippen LogP contribution in [-0.4, -0.2) is 66.3 Å². The number of carbonyl (C=O) groups is 2. The van der Waals surface area contributed by atoms with E-state index in [9.17, 15) is 19.8 Å². The number of Topliss-reactive ketones (excluding diaryl/α,β-unsaturated/α-hetero) is 1. The Hall–Kier alpha value is -0.980. The fraction of sp³-hybridized carbons (Fsp3) is 0.833. The van der Waals surface area contributed by atoms with Crippen LogP contribution in [0.3, 0.4) is 0 Å². The molecule has 0 aliphatic heterocycles. The van der Waals surface area contributed by atoms with Crippen LogP contribution in [-0.2, 0) is 9.59 Å². The molecule has 1 atom stereocenters. The number of carboxylic acids is 1. The number of carboxylic acid groups (broad SMARTS) is 1. The molecule has 0 bridgehead atoms. The minimum absolute atomic E-state index is 0.0128. The van der Waals surface area contributed by atoms with Gasteiger partial charge in [0.1, 0.15) is 6.54 Å². The quantitative estimate of drug-likeness (QED) is 0.381. The van der Waals surface area contributed by atoms with Gasteiger partial charge >= 0.3 is 0 Å². The van der Waals surface area contributed by atoms with Crippen molar-refractivity contribution in [1.29, 1.82) is 0 Å². The number of hydrogen-bond acceptors (Lipinski definition) is 5. The second-order valence-electron chi connectivity index (χ2n) is 5.63. The molecule has 0 saturated heterocycles. The van der Waals surface area contributed by atoms with Crippen molar-refractivity contribution in [3.8, 4) is 0 Å². The summed E-state index contributed by atoms with van der Waals surface area (Å²) in [5.74, 6) is -1.95. The molecule has 2 N–H and O–H groups in total. The maximum Gasteiger partial charge on any atom is 0.177 e. The number of rotatable bonds is 9. The predicted octanol–water partition coefficient (Wildman–Crippen LogP) is -1.70. The van der Waals surface area contributed by atoms with Crippen LogP contribution in [0.5, 0.6) is 0 Å². The normalized spacial score (nSPS) is 15.2. The fourth-order valence-electron chi connectivity index (χ4n) is 1.90. The van der Waals surface area contributed by atoms with Crippen LogP contribution in [0.1, 0.15) is 25.7 Å². The molecular formula is C12H23NO5. The maximum atomic E-state index is 11.9. The van der Waals surface area contributed by atoms with Crippen molar-refractivity contribution in [2.45, 2.75) is 31.3 Å². The molecule has 6 nitrogen and oxygen atoms in total. The molecule has 0 aliphatic carbocycles. The molecule has 106 valence electrons. The van der Waals surface area contributed by atoms with Gasteiger partial charge in [-0.1, -0.05) is 0 Å². The molecule has 18 heavy (non-hydrogen) atoms. The second-order valence-corrected chi connectivity index (χ2v) is 5.63. The molecule has 0 amide bonds. The summed E-state index contributed by atoms with van der Waals surface area (Å²) in [6.07, 6.45) is 0.254. The lowest BCUT2D eigenvalue weighted by molar-refractivity contribution is -0.875. The van der Waals surface area contributed by atoms with E-state index >= 15 is 0 Å². The number of nitrogens with zero attached hydrogens (tertiary/aromatic N) is 1. The van der Waals surface area contributed by atoms with Crippen LogP contribution in [0.4, 0.5) is 0 Å². The van der Waals surface area contributed by atoms with Crippen molar-refractivity contribution in [2.24, 2.45) is 0 Å². The van der Waals surface area contributed by atoms with Crippen molar-refractivity contribution < 1.29 is 29.4 Å². The number of likely N-dealkylation sites (N-methyl/N-ethyl adjacent to an activating group) is 1. The smallest absolute Gasteiger partial charge is 0.177 e. The topological polar surface area (TPSA) is 97.7 Å². The number of unbranched alkanes of at least 4 members (excludes halogenated alkanes) is 1. The van der Waals surface area contributed by atoms with Gasteiger partial charge in [-0.15, -0.1) is 0 Å². The Bertz CT molecular complexity index is 297. The lowest BCUT2D eigenvalue weighted by atomic mass is 9.90. The molecule has 0 aliphatic rings. The summed E-state index contributed by atoms with van der Waals surface area (Å²) in [5.41, 5.74) is -1.90. The standard InChI is InChI=1S/C12H23NO5/c1-13(2,3)9-12(18,8-11(16)17)10(15)6-4-5-7-14/h14,18H,4-9H2,1-3H3/t12-/m1/s1. The zero-order chi connectivity index (χ0) is 14.4. The lowest BCUT2D eigenvalue weighted by Crippen LogP contribution is -2.56. The summed E-state index contributed by atoms with van der Waals surface area (Å²) in [6, 6.07) is 0. The molecule has 0 aromatic heterocycles. The third kappa shape index (κ3) is 6.68. The van der Waals surface area contributed by atoms with Gasteiger partial charge in [0.2, 0.25) is 0 Å². The highest BCUT2D eigenvalue weighted by Gasteiger charge is 2.40. The summed E-state index contributed by atoms with van der Waals surface area (Å²) >= 11 is 0. The zero-order valence-corrected chi connectivity index (χ0v) is 11.3. The monoisotopic (exact) mass is 261 g/mol. The van der Waals surface area contributed by atoms with Gasteiger partial charge in [0.25, 0.3) is 0 Å². The van der Waals surface area contributed by atoms with E-state index in [2.05, 4.69) is 0 Å². The summed E-state index contributed by atoms with van der Waals surface area (Å²) in [7, 11) is 5.30. The van der Waals surface area contributed by atoms with Crippen LogP contribution in [0.25, 0.3) is 0 Å². The van der Waals surface area contributed by atoms with Gasteiger partial charge in [-0.05, 0) is 12.8 Å². The number of aliphatic hydroxyl groups is 2. The Kier molecular flexibility index (Phi) is 6.45. The lowest BCUT2D eigenvalue weighted by Gasteiger charge is -2.34. The minimum Gasteiger partial charge on any atom is -0.550 e. The van der Waals surface area contributed by atoms with Gasteiger partial charge in [-0.2, -0.15) is 0 Å². The number of carbonyl (C=O) groups excluding carboxylic acids is 2. The van der Waals surface area contributed by atoms with Crippen molar-refractivity contribution in [2.75, 3.05) is 34.3 Å². The van der Waals surface area contributed by atoms with E-state index in [0.29, 0.717) is 12.8 Å². The van der Waals surface area contributed by atoms with E-state index < -0.39 is 23.8 Å². The Morgan fingerprint density at radius 3 is 2.17 bits per heavy atom. The molecule has 0 aromatic rings. The molecular weight excluding hydrogens is 238 g/mol. The summed E-state index contributed by atoms with van der Waals surface area (Å²) in [5, 5.41) is 29.5. The van der Waals surface area contributed by atoms with E-state index in [1.165, 1.54) is 0 Å². The third-order valence-electron chi connectivity index (χ3n) is 2.50. The van der Waals surface area contributed by atoms with Crippen molar-refractivity contribution in [3.05, 3.63) is 0 Å². The largest absolute Gasteiger partial charge is 0.550 e. The molecule has 0 radical (unpaired) electrons. The average Bonchev–Trinajstić information content (AvgIpc) is 2.13. The molecule has 0 saturated carbocycles. The van der Waals surface area contributed by atoms with Crippen molar-refractivity contribution >= 4 is 11.8 Å². The van der Waals surface area contributed by atoms with Crippen molar-refractivity contribution in [1.82, 2.24) is 0 Å². The fourth-order valence-corrected chi connectivity index (χ4v) is 1.90. The number of quaternary nitrogens is 1. The highest BCUT2D eigenvalue weighted by atomic mass is 16.4. The zero-order valence-electron chi connectivity index (χ0n) is 11.3. The van der Waals surface area contributed by atoms with Crippen LogP contribution < -0.4 is 5.11 Å². The number of hydrogen-bond donors (Lipinski definition) is 2. The predicted molar refractivity (Wildman–Crippen MR) is 63.4 cm³/mol. The van der Waals surface area contributed by atoms with E-state index in [1.807, 2.05) is 0 Å². The second kappa shape index (κ2) is 6.82. The van der Waals surface area contributed by atoms with Gasteiger partial charge in [0, 0.05) is 25.4 Å². The Morgan fingerprint density at radius 2 is 1.78 bits per heavy atom. The molecule has 0 aromatic carbocycles. The summed E-state index contributed by atoms with van der Waals surface area (Å²) in [6.45, 7) is -0.0134.